The third kappa shape index (κ3) is 2.64. The van der Waals surface area contributed by atoms with Crippen LogP contribution in [-0.4, -0.2) is 0 Å². The van der Waals surface area contributed by atoms with E-state index in [4.69, 9.17) is 0 Å². The maximum Gasteiger partial charge on any atom is 3.00 e. The largest absolute Gasteiger partial charge is 3.00 e. The molecule has 0 atom stereocenters. The van der Waals surface area contributed by atoms with E-state index in [-0.39, 0.29) is 51.0 Å². The van der Waals surface area contributed by atoms with Crippen LogP contribution in [0.4, 0.5) is 0 Å². The van der Waals surface area contributed by atoms with Crippen molar-refractivity contribution in [2.24, 2.45) is 0 Å². The molecule has 4 aromatic carbocycles. The van der Waals surface area contributed by atoms with Gasteiger partial charge in [0.1, 0.15) is 0 Å². The molecule has 0 bridgehead atoms. The Kier molecular flexibility index (Phi) is 5.92. The first-order valence-corrected chi connectivity index (χ1v) is 7.36. The third-order valence-corrected chi connectivity index (χ3v) is 4.60. The summed E-state index contributed by atoms with van der Waals surface area (Å²) in [6.07, 6.45) is 1.02. The predicted molar refractivity (Wildman–Crippen MR) is 88.5 cm³/mol. The summed E-state index contributed by atoms with van der Waals surface area (Å²) in [4.78, 5) is 0. The summed E-state index contributed by atoms with van der Waals surface area (Å²) in [6.45, 7) is 0. The van der Waals surface area contributed by atoms with Crippen molar-refractivity contribution < 1.29 is 51.0 Å². The predicted octanol–water partition coefficient (Wildman–Crippen LogP) is -0.630. The van der Waals surface area contributed by atoms with Crippen molar-refractivity contribution in [3.8, 4) is 11.1 Å². The zero-order valence-corrected chi connectivity index (χ0v) is 16.8. The fourth-order valence-electron chi connectivity index (χ4n) is 3.73. The molecule has 0 unspecified atom stereocenters. The van der Waals surface area contributed by atoms with Gasteiger partial charge in [0.15, 0.2) is 0 Å². The molecule has 0 spiro atoms. The second-order valence-corrected chi connectivity index (χ2v) is 5.69. The molecule has 0 amide bonds. The molecule has 0 fully saturated rings. The van der Waals surface area contributed by atoms with Crippen LogP contribution >= 0.6 is 0 Å². The molecule has 0 heterocycles. The molecule has 0 saturated heterocycles. The second kappa shape index (κ2) is 7.40. The number of rotatable bonds is 0. The zero-order chi connectivity index (χ0) is 13.8. The molecular formula is C21H13Cl2Zr. The number of fused-ring (bicyclic) bond motifs is 8. The molecule has 4 aromatic rings. The number of halogens is 2. The molecule has 0 nitrogen and oxygen atoms in total. The van der Waals surface area contributed by atoms with E-state index >= 15 is 0 Å². The number of hydrogen-bond acceptors (Lipinski definition) is 0. The first-order chi connectivity index (χ1) is 10.4. The number of benzene rings is 4. The van der Waals surface area contributed by atoms with Gasteiger partial charge in [0, 0.05) is 0 Å². The molecular weight excluding hydrogens is 414 g/mol. The topological polar surface area (TPSA) is 0 Å². The fraction of sp³-hybridized carbons (Fsp3) is 0.0476. The molecule has 24 heavy (non-hydrogen) atoms. The van der Waals surface area contributed by atoms with E-state index < -0.39 is 0 Å². The number of hydrogen-bond donors (Lipinski definition) is 0. The van der Waals surface area contributed by atoms with Crippen molar-refractivity contribution in [3.05, 3.63) is 83.9 Å². The standard InChI is InChI=1S/C21H13.2ClH.Zr/c1-2-8-15-14(7-1)13-20-18-11-4-3-9-16(18)17-10-5-6-12-19(17)21(15)20;;;/h1-10,12H,13H2;2*1H;/q-1;;;+3/p-2. The Bertz CT molecular complexity index is 1020. The van der Waals surface area contributed by atoms with Crippen LogP contribution in [0.2, 0.25) is 0 Å². The maximum atomic E-state index is 3.48. The van der Waals surface area contributed by atoms with E-state index in [1.165, 1.54) is 43.8 Å². The van der Waals surface area contributed by atoms with Gasteiger partial charge in [-0.1, -0.05) is 53.9 Å². The SMILES string of the molecule is [Cl-].[Cl-].[Zr+3].[c-]1cccc2c1c1c(c3ccccc32)-c2ccccc2C1. The van der Waals surface area contributed by atoms with Crippen LogP contribution in [0, 0.1) is 6.07 Å². The van der Waals surface area contributed by atoms with Crippen LogP contribution in [-0.2, 0) is 32.6 Å². The summed E-state index contributed by atoms with van der Waals surface area (Å²) in [7, 11) is 0. The summed E-state index contributed by atoms with van der Waals surface area (Å²) in [5.41, 5.74) is 5.67. The average molecular weight is 427 g/mol. The van der Waals surface area contributed by atoms with Gasteiger partial charge >= 0.3 is 26.2 Å². The van der Waals surface area contributed by atoms with E-state index in [2.05, 4.69) is 66.7 Å². The zero-order valence-electron chi connectivity index (χ0n) is 12.8. The van der Waals surface area contributed by atoms with Crippen LogP contribution in [0.5, 0.6) is 0 Å². The van der Waals surface area contributed by atoms with E-state index in [1.807, 2.05) is 6.07 Å². The van der Waals surface area contributed by atoms with Gasteiger partial charge in [0.2, 0.25) is 0 Å². The van der Waals surface area contributed by atoms with Crippen molar-refractivity contribution in [1.82, 2.24) is 0 Å². The average Bonchev–Trinajstić information content (AvgIpc) is 2.95. The minimum atomic E-state index is 0. The van der Waals surface area contributed by atoms with E-state index in [0.717, 1.165) is 6.42 Å². The molecule has 1 aliphatic carbocycles. The molecule has 0 N–H and O–H groups in total. The second-order valence-electron chi connectivity index (χ2n) is 5.69. The smallest absolute Gasteiger partial charge is 1.00 e. The summed E-state index contributed by atoms with van der Waals surface area (Å²) < 4.78 is 0. The van der Waals surface area contributed by atoms with Gasteiger partial charge in [-0.3, -0.25) is 0 Å². The third-order valence-electron chi connectivity index (χ3n) is 4.60. The van der Waals surface area contributed by atoms with Crippen molar-refractivity contribution in [1.29, 1.82) is 0 Å². The summed E-state index contributed by atoms with van der Waals surface area (Å²) in [5.74, 6) is 0. The van der Waals surface area contributed by atoms with Gasteiger partial charge in [0.05, 0.1) is 0 Å². The van der Waals surface area contributed by atoms with E-state index in [1.54, 1.807) is 0 Å². The molecule has 1 aliphatic rings. The quantitative estimate of drug-likeness (QED) is 0.228. The summed E-state index contributed by atoms with van der Waals surface area (Å²) in [5, 5.41) is 5.30. The van der Waals surface area contributed by atoms with Gasteiger partial charge in [-0.05, 0) is 28.5 Å². The van der Waals surface area contributed by atoms with Crippen LogP contribution < -0.4 is 24.8 Å². The van der Waals surface area contributed by atoms with Gasteiger partial charge in [-0.25, -0.2) is 0 Å². The van der Waals surface area contributed by atoms with Crippen molar-refractivity contribution >= 4 is 21.5 Å². The molecule has 5 rings (SSSR count). The normalized spacial score (nSPS) is 11.0. The molecule has 3 heteroatoms. The molecule has 115 valence electrons. The van der Waals surface area contributed by atoms with Gasteiger partial charge in [-0.15, -0.1) is 40.6 Å². The summed E-state index contributed by atoms with van der Waals surface area (Å²) in [6, 6.07) is 27.3. The van der Waals surface area contributed by atoms with Crippen LogP contribution in [0.15, 0.2) is 66.7 Å². The van der Waals surface area contributed by atoms with Crippen LogP contribution in [0.1, 0.15) is 11.1 Å². The Labute approximate surface area is 173 Å². The van der Waals surface area contributed by atoms with Crippen LogP contribution in [0.25, 0.3) is 32.7 Å². The Morgan fingerprint density at radius 3 is 2.21 bits per heavy atom. The maximum absolute atomic E-state index is 3.48. The summed E-state index contributed by atoms with van der Waals surface area (Å²) >= 11 is 0. The monoisotopic (exact) mass is 425 g/mol. The molecule has 0 aliphatic heterocycles. The Balaban J connectivity index is 0.000000694. The Morgan fingerprint density at radius 1 is 0.708 bits per heavy atom. The molecule has 0 saturated carbocycles. The first kappa shape index (κ1) is 19.2. The first-order valence-electron chi connectivity index (χ1n) is 7.36. The molecule has 1 radical (unpaired) electrons. The van der Waals surface area contributed by atoms with E-state index in [9.17, 15) is 0 Å². The minimum absolute atomic E-state index is 0. The van der Waals surface area contributed by atoms with Gasteiger partial charge < -0.3 is 24.8 Å². The Morgan fingerprint density at radius 2 is 1.38 bits per heavy atom. The van der Waals surface area contributed by atoms with Gasteiger partial charge in [-0.2, -0.15) is 0 Å². The Hall–Kier alpha value is -1.14. The minimum Gasteiger partial charge on any atom is -1.00 e. The fourth-order valence-corrected chi connectivity index (χ4v) is 3.73. The van der Waals surface area contributed by atoms with Crippen molar-refractivity contribution in [2.75, 3.05) is 0 Å². The van der Waals surface area contributed by atoms with Crippen molar-refractivity contribution in [2.45, 2.75) is 6.42 Å². The van der Waals surface area contributed by atoms with E-state index in [0.29, 0.717) is 0 Å². The van der Waals surface area contributed by atoms with Crippen LogP contribution in [0.3, 0.4) is 0 Å². The molecule has 0 aromatic heterocycles. The van der Waals surface area contributed by atoms with Crippen molar-refractivity contribution in [3.63, 3.8) is 0 Å². The van der Waals surface area contributed by atoms with Gasteiger partial charge in [0.25, 0.3) is 0 Å².